The third-order valence-electron chi connectivity index (χ3n) is 6.57. The maximum absolute atomic E-state index is 13.9. The quantitative estimate of drug-likeness (QED) is 0.228. The molecule has 180 valence electrons. The Morgan fingerprint density at radius 2 is 0.737 bits per heavy atom. The van der Waals surface area contributed by atoms with E-state index in [1.54, 1.807) is 24.3 Å². The van der Waals surface area contributed by atoms with Gasteiger partial charge in [-0.2, -0.15) is 0 Å². The summed E-state index contributed by atoms with van der Waals surface area (Å²) in [5.74, 6) is -0.437. The summed E-state index contributed by atoms with van der Waals surface area (Å²) >= 11 is 0. The van der Waals surface area contributed by atoms with Gasteiger partial charge in [-0.3, -0.25) is 9.59 Å². The minimum absolute atomic E-state index is 0.219. The Kier molecular flexibility index (Phi) is 6.12. The van der Waals surface area contributed by atoms with Crippen LogP contribution in [0.1, 0.15) is 31.8 Å². The number of nitrogens with zero attached hydrogens (tertiary/aromatic N) is 2. The van der Waals surface area contributed by atoms with E-state index in [2.05, 4.69) is 10.2 Å². The van der Waals surface area contributed by atoms with Gasteiger partial charge in [0.15, 0.2) is 11.6 Å². The van der Waals surface area contributed by atoms with Crippen LogP contribution in [0.2, 0.25) is 0 Å². The second-order valence-electron chi connectivity index (χ2n) is 8.96. The van der Waals surface area contributed by atoms with Crippen molar-refractivity contribution in [2.75, 3.05) is 0 Å². The molecule has 6 aromatic rings. The molecule has 0 saturated heterocycles. The first-order valence-corrected chi connectivity index (χ1v) is 12.4. The molecule has 1 heterocycles. The molecule has 6 rings (SSSR count). The summed E-state index contributed by atoms with van der Waals surface area (Å²) in [5.41, 5.74) is 4.77. The second-order valence-corrected chi connectivity index (χ2v) is 8.96. The first kappa shape index (κ1) is 23.2. The molecule has 0 aliphatic heterocycles. The molecule has 0 unspecified atom stereocenters. The van der Waals surface area contributed by atoms with Crippen LogP contribution in [-0.2, 0) is 0 Å². The molecule has 0 fully saturated rings. The van der Waals surface area contributed by atoms with Crippen LogP contribution in [0.25, 0.3) is 33.3 Å². The molecule has 5 aromatic carbocycles. The lowest BCUT2D eigenvalue weighted by molar-refractivity contribution is 0.100. The van der Waals surface area contributed by atoms with E-state index in [0.29, 0.717) is 33.6 Å². The van der Waals surface area contributed by atoms with Gasteiger partial charge >= 0.3 is 0 Å². The number of hydrogen-bond donors (Lipinski definition) is 0. The number of ketones is 2. The molecular weight excluding hydrogens is 468 g/mol. The van der Waals surface area contributed by atoms with Crippen molar-refractivity contribution < 1.29 is 9.59 Å². The number of aromatic nitrogens is 2. The summed E-state index contributed by atoms with van der Waals surface area (Å²) in [6.45, 7) is 0. The number of carbonyl (C=O) groups excluding carboxylic acids is 2. The van der Waals surface area contributed by atoms with E-state index in [4.69, 9.17) is 0 Å². The largest absolute Gasteiger partial charge is 0.289 e. The Morgan fingerprint density at radius 3 is 1.08 bits per heavy atom. The van der Waals surface area contributed by atoms with Crippen molar-refractivity contribution in [3.05, 3.63) is 156 Å². The fourth-order valence-electron chi connectivity index (χ4n) is 4.68. The lowest BCUT2D eigenvalue weighted by Crippen LogP contribution is -2.12. The van der Waals surface area contributed by atoms with Crippen molar-refractivity contribution in [3.63, 3.8) is 0 Å². The SMILES string of the molecule is O=C(c1ccccc1)c1cc2c(-c3ccccc3)nnc(-c3ccccc3)c2cc1C(=O)c1ccccc1. The van der Waals surface area contributed by atoms with Crippen molar-refractivity contribution >= 4 is 22.3 Å². The van der Waals surface area contributed by atoms with Gasteiger partial charge < -0.3 is 0 Å². The predicted octanol–water partition coefficient (Wildman–Crippen LogP) is 7.43. The number of fused-ring (bicyclic) bond motifs is 1. The molecule has 0 N–H and O–H groups in total. The van der Waals surface area contributed by atoms with E-state index in [-0.39, 0.29) is 11.6 Å². The van der Waals surface area contributed by atoms with E-state index in [1.165, 1.54) is 0 Å². The molecule has 0 radical (unpaired) electrons. The summed E-state index contributed by atoms with van der Waals surface area (Å²) in [6.07, 6.45) is 0. The standard InChI is InChI=1S/C34H22N2O2/c37-33(25-17-9-3-10-18-25)29-21-27-28(22-30(29)34(38)26-19-11-4-12-20-26)32(24-15-7-2-8-16-24)36-35-31(27)23-13-5-1-6-14-23/h1-22H. The lowest BCUT2D eigenvalue weighted by Gasteiger charge is -2.15. The van der Waals surface area contributed by atoms with E-state index in [0.717, 1.165) is 21.9 Å². The van der Waals surface area contributed by atoms with Crippen LogP contribution in [0, 0.1) is 0 Å². The second kappa shape index (κ2) is 10.0. The van der Waals surface area contributed by atoms with E-state index >= 15 is 0 Å². The van der Waals surface area contributed by atoms with Crippen molar-refractivity contribution in [3.8, 4) is 22.5 Å². The van der Waals surface area contributed by atoms with Gasteiger partial charge in [0.1, 0.15) is 11.4 Å². The summed E-state index contributed by atoms with van der Waals surface area (Å²) in [6, 6.07) is 41.2. The Labute approximate surface area is 220 Å². The fourth-order valence-corrected chi connectivity index (χ4v) is 4.68. The zero-order chi connectivity index (χ0) is 25.9. The van der Waals surface area contributed by atoms with Gasteiger partial charge in [-0.25, -0.2) is 0 Å². The third kappa shape index (κ3) is 4.29. The van der Waals surface area contributed by atoms with Gasteiger partial charge in [0.2, 0.25) is 0 Å². The molecule has 0 spiro atoms. The average Bonchev–Trinajstić information content (AvgIpc) is 3.01. The van der Waals surface area contributed by atoms with E-state index < -0.39 is 0 Å². The Balaban J connectivity index is 1.69. The normalized spacial score (nSPS) is 10.8. The molecule has 0 aliphatic rings. The van der Waals surface area contributed by atoms with Crippen LogP contribution in [0.3, 0.4) is 0 Å². The number of benzene rings is 5. The van der Waals surface area contributed by atoms with Gasteiger partial charge in [0.05, 0.1) is 0 Å². The van der Waals surface area contributed by atoms with E-state index in [1.807, 2.05) is 109 Å². The van der Waals surface area contributed by atoms with Crippen molar-refractivity contribution in [2.24, 2.45) is 0 Å². The highest BCUT2D eigenvalue weighted by atomic mass is 16.1. The molecule has 0 aliphatic carbocycles. The van der Waals surface area contributed by atoms with Crippen LogP contribution in [-0.4, -0.2) is 21.8 Å². The molecular formula is C34H22N2O2. The molecule has 4 nitrogen and oxygen atoms in total. The minimum Gasteiger partial charge on any atom is -0.289 e. The van der Waals surface area contributed by atoms with Crippen LogP contribution in [0.4, 0.5) is 0 Å². The zero-order valence-electron chi connectivity index (χ0n) is 20.4. The Morgan fingerprint density at radius 1 is 0.421 bits per heavy atom. The number of rotatable bonds is 6. The molecule has 4 heteroatoms. The van der Waals surface area contributed by atoms with Gasteiger partial charge in [-0.1, -0.05) is 121 Å². The smallest absolute Gasteiger partial charge is 0.193 e. The van der Waals surface area contributed by atoms with Crippen molar-refractivity contribution in [2.45, 2.75) is 0 Å². The molecule has 0 amide bonds. The molecule has 0 saturated carbocycles. The topological polar surface area (TPSA) is 59.9 Å². The van der Waals surface area contributed by atoms with E-state index in [9.17, 15) is 9.59 Å². The third-order valence-corrected chi connectivity index (χ3v) is 6.57. The van der Waals surface area contributed by atoms with Crippen LogP contribution < -0.4 is 0 Å². The summed E-state index contributed by atoms with van der Waals surface area (Å²) in [7, 11) is 0. The first-order valence-electron chi connectivity index (χ1n) is 12.4. The lowest BCUT2D eigenvalue weighted by atomic mass is 9.88. The van der Waals surface area contributed by atoms with Gasteiger partial charge in [-0.15, -0.1) is 10.2 Å². The average molecular weight is 491 g/mol. The van der Waals surface area contributed by atoms with Crippen LogP contribution in [0.15, 0.2) is 133 Å². The zero-order valence-corrected chi connectivity index (χ0v) is 20.4. The van der Waals surface area contributed by atoms with Crippen molar-refractivity contribution in [1.29, 1.82) is 0 Å². The predicted molar refractivity (Wildman–Crippen MR) is 150 cm³/mol. The highest BCUT2D eigenvalue weighted by Crippen LogP contribution is 2.35. The number of carbonyl (C=O) groups is 2. The monoisotopic (exact) mass is 490 g/mol. The first-order chi connectivity index (χ1) is 18.7. The molecule has 1 aromatic heterocycles. The Hall–Kier alpha value is -5.22. The Bertz CT molecular complexity index is 1630. The highest BCUT2D eigenvalue weighted by molar-refractivity contribution is 6.22. The van der Waals surface area contributed by atoms with Crippen LogP contribution in [0.5, 0.6) is 0 Å². The molecule has 0 bridgehead atoms. The minimum atomic E-state index is -0.219. The van der Waals surface area contributed by atoms with Gasteiger partial charge in [0, 0.05) is 44.2 Å². The van der Waals surface area contributed by atoms with Gasteiger partial charge in [0.25, 0.3) is 0 Å². The maximum Gasteiger partial charge on any atom is 0.193 e. The fraction of sp³-hybridized carbons (Fsp3) is 0. The summed E-state index contributed by atoms with van der Waals surface area (Å²) < 4.78 is 0. The number of hydrogen-bond acceptors (Lipinski definition) is 4. The molecule has 0 atom stereocenters. The van der Waals surface area contributed by atoms with Crippen molar-refractivity contribution in [1.82, 2.24) is 10.2 Å². The highest BCUT2D eigenvalue weighted by Gasteiger charge is 2.24. The van der Waals surface area contributed by atoms with Gasteiger partial charge in [-0.05, 0) is 12.1 Å². The summed E-state index contributed by atoms with van der Waals surface area (Å²) in [4.78, 5) is 27.7. The summed E-state index contributed by atoms with van der Waals surface area (Å²) in [5, 5.41) is 10.7. The van der Waals surface area contributed by atoms with Crippen LogP contribution >= 0.6 is 0 Å². The maximum atomic E-state index is 13.9. The molecule has 38 heavy (non-hydrogen) atoms.